The number of rotatable bonds is 11. The summed E-state index contributed by atoms with van der Waals surface area (Å²) in [5, 5.41) is 22.1. The molecule has 0 radical (unpaired) electrons. The van der Waals surface area contributed by atoms with E-state index in [1.807, 2.05) is 17.5 Å². The number of unbranched alkanes of at least 4 members (excludes halogenated alkanes) is 1. The van der Waals surface area contributed by atoms with E-state index in [-0.39, 0.29) is 24.4 Å². The van der Waals surface area contributed by atoms with Gasteiger partial charge < -0.3 is 29.2 Å². The number of benzene rings is 1. The Morgan fingerprint density at radius 3 is 2.52 bits per heavy atom. The van der Waals surface area contributed by atoms with Crippen LogP contribution in [-0.2, 0) is 27.2 Å². The molecule has 0 amide bonds. The largest absolute Gasteiger partial charge is 0.501 e. The molecule has 9 heteroatoms. The maximum absolute atomic E-state index is 12.6. The number of aryl methyl sites for hydroxylation is 1. The van der Waals surface area contributed by atoms with Gasteiger partial charge in [0.1, 0.15) is 5.75 Å². The van der Waals surface area contributed by atoms with Crippen LogP contribution < -0.4 is 14.2 Å². The first-order chi connectivity index (χ1) is 20.2. The van der Waals surface area contributed by atoms with Crippen molar-refractivity contribution in [1.29, 1.82) is 0 Å². The van der Waals surface area contributed by atoms with Gasteiger partial charge in [0.05, 0.1) is 25.6 Å². The van der Waals surface area contributed by atoms with Crippen LogP contribution in [0, 0.1) is 0 Å². The molecule has 1 aliphatic carbocycles. The lowest BCUT2D eigenvalue weighted by atomic mass is 9.90. The highest BCUT2D eigenvalue weighted by atomic mass is 32.1. The second-order valence-electron chi connectivity index (χ2n) is 9.73. The van der Waals surface area contributed by atoms with Gasteiger partial charge in [0.25, 0.3) is 0 Å². The molecule has 8 nitrogen and oxygen atoms in total. The van der Waals surface area contributed by atoms with Gasteiger partial charge >= 0.3 is 11.9 Å². The number of fused-ring (bicyclic) bond motifs is 1. The van der Waals surface area contributed by atoms with Gasteiger partial charge in [-0.1, -0.05) is 38.2 Å². The van der Waals surface area contributed by atoms with Crippen molar-refractivity contribution >= 4 is 34.9 Å². The van der Waals surface area contributed by atoms with Crippen molar-refractivity contribution in [2.24, 2.45) is 0 Å². The van der Waals surface area contributed by atoms with Crippen molar-refractivity contribution in [3.63, 3.8) is 0 Å². The summed E-state index contributed by atoms with van der Waals surface area (Å²) in [6.45, 7) is 6.42. The van der Waals surface area contributed by atoms with Gasteiger partial charge in [-0.3, -0.25) is 0 Å². The summed E-state index contributed by atoms with van der Waals surface area (Å²) in [6, 6.07) is 3.44. The van der Waals surface area contributed by atoms with Crippen LogP contribution in [0.2, 0.25) is 0 Å². The van der Waals surface area contributed by atoms with Gasteiger partial charge in [-0.05, 0) is 59.2 Å². The Morgan fingerprint density at radius 1 is 1.10 bits per heavy atom. The molecule has 0 bridgehead atoms. The number of carboxylic acid groups (broad SMARTS) is 2. The number of hydrogen-bond donors (Lipinski definition) is 2. The quantitative estimate of drug-likeness (QED) is 0.270. The van der Waals surface area contributed by atoms with E-state index >= 15 is 0 Å². The van der Waals surface area contributed by atoms with E-state index in [0.29, 0.717) is 46.1 Å². The molecule has 1 aromatic carbocycles. The van der Waals surface area contributed by atoms with Crippen LogP contribution in [-0.4, -0.2) is 43.2 Å². The zero-order valence-corrected chi connectivity index (χ0v) is 24.7. The van der Waals surface area contributed by atoms with Crippen molar-refractivity contribution < 1.29 is 38.7 Å². The molecule has 1 aliphatic heterocycles. The minimum atomic E-state index is -1.07. The summed E-state index contributed by atoms with van der Waals surface area (Å²) in [6.07, 6.45) is 13.4. The lowest BCUT2D eigenvalue weighted by Crippen LogP contribution is -2.06. The van der Waals surface area contributed by atoms with Crippen molar-refractivity contribution in [3.8, 4) is 17.2 Å². The molecule has 0 saturated carbocycles. The SMILES string of the molecule is C=C1/C=C(C(=O)O)\C=C/C/C(OC)=C\C=C/1c1c(CCCC)csc1/C=C(\Cc1cc2c(cc1OC)OCO2)C(=O)O. The first kappa shape index (κ1) is 30.5. The number of methoxy groups -OCH3 is 2. The Morgan fingerprint density at radius 2 is 1.86 bits per heavy atom. The third-order valence-corrected chi connectivity index (χ3v) is 7.92. The molecule has 1 aromatic heterocycles. The van der Waals surface area contributed by atoms with Crippen molar-refractivity contribution in [2.45, 2.75) is 39.0 Å². The number of aliphatic carboxylic acids is 2. The van der Waals surface area contributed by atoms with Crippen LogP contribution in [0.25, 0.3) is 11.6 Å². The third-order valence-electron chi connectivity index (χ3n) is 6.94. The van der Waals surface area contributed by atoms with Crippen LogP contribution >= 0.6 is 11.3 Å². The zero-order chi connectivity index (χ0) is 30.2. The predicted octanol–water partition coefficient (Wildman–Crippen LogP) is 6.98. The first-order valence-electron chi connectivity index (χ1n) is 13.5. The van der Waals surface area contributed by atoms with E-state index in [0.717, 1.165) is 35.3 Å². The standard InChI is InChI=1S/C33H34O8S/c1-5-6-8-22-18-42-30(16-24(33(36)37)14-23-15-28-29(41-19-40-28)17-27(23)39-4)31(22)26-12-11-25(38-3)10-7-9-21(32(34)35)13-20(26)2/h7,9,11-13,15-18H,2,5-6,8,10,14,19H2,1,3-4H3,(H,34,35)(H,36,37)/b9-7-,21-13+,24-16+,25-11+,26-12+. The van der Waals surface area contributed by atoms with E-state index in [9.17, 15) is 19.8 Å². The van der Waals surface area contributed by atoms with E-state index in [2.05, 4.69) is 13.5 Å². The number of carboxylic acids is 2. The van der Waals surface area contributed by atoms with Gasteiger partial charge in [-0.2, -0.15) is 0 Å². The van der Waals surface area contributed by atoms with Crippen LogP contribution in [0.3, 0.4) is 0 Å². The summed E-state index contributed by atoms with van der Waals surface area (Å²) in [5.74, 6) is 0.0905. The molecule has 0 fully saturated rings. The van der Waals surface area contributed by atoms with Crippen molar-refractivity contribution in [1.82, 2.24) is 0 Å². The fourth-order valence-corrected chi connectivity index (χ4v) is 5.79. The highest BCUT2D eigenvalue weighted by Crippen LogP contribution is 2.40. The number of thiophene rings is 1. The Bertz CT molecular complexity index is 1530. The number of allylic oxidation sites excluding steroid dienone is 6. The summed E-state index contributed by atoms with van der Waals surface area (Å²) in [7, 11) is 3.09. The number of hydrogen-bond acceptors (Lipinski definition) is 7. The number of carbonyl (C=O) groups is 2. The van der Waals surface area contributed by atoms with Gasteiger partial charge in [-0.25, -0.2) is 9.59 Å². The molecule has 220 valence electrons. The van der Waals surface area contributed by atoms with Gasteiger partial charge in [0.15, 0.2) is 11.5 Å². The molecule has 42 heavy (non-hydrogen) atoms. The lowest BCUT2D eigenvalue weighted by molar-refractivity contribution is -0.133. The average Bonchev–Trinajstić information content (AvgIpc) is 3.59. The minimum absolute atomic E-state index is 0.0817. The van der Waals surface area contributed by atoms with E-state index < -0.39 is 11.9 Å². The Labute approximate surface area is 249 Å². The second kappa shape index (κ2) is 13.9. The molecule has 0 saturated heterocycles. The Balaban J connectivity index is 1.86. The van der Waals surface area contributed by atoms with E-state index in [1.54, 1.807) is 37.5 Å². The highest BCUT2D eigenvalue weighted by molar-refractivity contribution is 7.11. The molecule has 2 aliphatic rings. The smallest absolute Gasteiger partial charge is 0.335 e. The van der Waals surface area contributed by atoms with Gasteiger partial charge in [-0.15, -0.1) is 11.3 Å². The molecule has 2 aromatic rings. The monoisotopic (exact) mass is 590 g/mol. The zero-order valence-electron chi connectivity index (χ0n) is 23.9. The molecule has 4 rings (SSSR count). The molecule has 0 atom stereocenters. The topological polar surface area (TPSA) is 112 Å². The summed E-state index contributed by atoms with van der Waals surface area (Å²) < 4.78 is 22.0. The Kier molecular flexibility index (Phi) is 10.1. The Hall–Kier alpha value is -4.50. The minimum Gasteiger partial charge on any atom is -0.501 e. The predicted molar refractivity (Wildman–Crippen MR) is 163 cm³/mol. The van der Waals surface area contributed by atoms with Crippen LogP contribution in [0.15, 0.2) is 77.0 Å². The third kappa shape index (κ3) is 7.03. The lowest BCUT2D eigenvalue weighted by Gasteiger charge is -2.14. The molecular formula is C33H34O8S. The molecule has 0 spiro atoms. The average molecular weight is 591 g/mol. The van der Waals surface area contributed by atoms with Crippen LogP contribution in [0.5, 0.6) is 17.2 Å². The van der Waals surface area contributed by atoms with Gasteiger partial charge in [0, 0.05) is 40.5 Å². The van der Waals surface area contributed by atoms with Crippen molar-refractivity contribution in [3.05, 3.63) is 98.5 Å². The molecule has 0 unspecified atom stereocenters. The molecular weight excluding hydrogens is 556 g/mol. The number of ether oxygens (including phenoxy) is 4. The highest BCUT2D eigenvalue weighted by Gasteiger charge is 2.22. The molecule has 2 heterocycles. The maximum atomic E-state index is 12.6. The van der Waals surface area contributed by atoms with Crippen LogP contribution in [0.4, 0.5) is 0 Å². The summed E-state index contributed by atoms with van der Waals surface area (Å²) in [4.78, 5) is 25.3. The van der Waals surface area contributed by atoms with Crippen LogP contribution in [0.1, 0.15) is 47.8 Å². The van der Waals surface area contributed by atoms with Gasteiger partial charge in [0.2, 0.25) is 6.79 Å². The molecule has 2 N–H and O–H groups in total. The summed E-state index contributed by atoms with van der Waals surface area (Å²) >= 11 is 1.44. The second-order valence-corrected chi connectivity index (χ2v) is 10.6. The normalized spacial score (nSPS) is 19.5. The van der Waals surface area contributed by atoms with E-state index in [1.165, 1.54) is 24.5 Å². The van der Waals surface area contributed by atoms with Crippen molar-refractivity contribution in [2.75, 3.05) is 21.0 Å². The summed E-state index contributed by atoms with van der Waals surface area (Å²) in [5.41, 5.74) is 3.94. The van der Waals surface area contributed by atoms with E-state index in [4.69, 9.17) is 18.9 Å². The fraction of sp³-hybridized carbons (Fsp3) is 0.273. The fourth-order valence-electron chi connectivity index (χ4n) is 4.71. The first-order valence-corrected chi connectivity index (χ1v) is 14.4. The maximum Gasteiger partial charge on any atom is 0.335 e.